The molecule has 2 heterocycles. The molecule has 1 aromatic heterocycles. The van der Waals surface area contributed by atoms with E-state index in [0.29, 0.717) is 25.3 Å². The summed E-state index contributed by atoms with van der Waals surface area (Å²) in [5.74, 6) is 0.805. The first-order valence-electron chi connectivity index (χ1n) is 7.73. The van der Waals surface area contributed by atoms with Crippen molar-refractivity contribution >= 4 is 11.7 Å². The van der Waals surface area contributed by atoms with E-state index in [1.165, 1.54) is 6.07 Å². The largest absolute Gasteiger partial charge is 0.480 e. The lowest BCUT2D eigenvalue weighted by Crippen LogP contribution is -2.39. The van der Waals surface area contributed by atoms with Gasteiger partial charge in [-0.3, -0.25) is 4.79 Å². The SMILES string of the molecule is O=C(NCCNc1ccc(C(F)(F)F)cn1)C1Cc2ccccc2O1. The summed E-state index contributed by atoms with van der Waals surface area (Å²) < 4.78 is 42.9. The summed E-state index contributed by atoms with van der Waals surface area (Å²) in [7, 11) is 0. The van der Waals surface area contributed by atoms with E-state index in [2.05, 4.69) is 15.6 Å². The zero-order valence-electron chi connectivity index (χ0n) is 13.1. The summed E-state index contributed by atoms with van der Waals surface area (Å²) in [6.07, 6.45) is -3.67. The van der Waals surface area contributed by atoms with Crippen molar-refractivity contribution in [3.05, 3.63) is 53.7 Å². The minimum Gasteiger partial charge on any atom is -0.480 e. The van der Waals surface area contributed by atoms with E-state index in [9.17, 15) is 18.0 Å². The van der Waals surface area contributed by atoms with Crippen molar-refractivity contribution in [2.75, 3.05) is 18.4 Å². The Morgan fingerprint density at radius 2 is 2.00 bits per heavy atom. The Kier molecular flexibility index (Phi) is 4.78. The molecule has 8 heteroatoms. The molecule has 2 N–H and O–H groups in total. The van der Waals surface area contributed by atoms with Crippen LogP contribution in [0.4, 0.5) is 19.0 Å². The Bertz CT molecular complexity index is 723. The zero-order valence-corrected chi connectivity index (χ0v) is 13.1. The highest BCUT2D eigenvalue weighted by Gasteiger charge is 2.30. The van der Waals surface area contributed by atoms with Crippen LogP contribution in [0.5, 0.6) is 5.75 Å². The molecule has 1 aliphatic rings. The maximum absolute atomic E-state index is 12.4. The summed E-state index contributed by atoms with van der Waals surface area (Å²) in [6.45, 7) is 0.640. The van der Waals surface area contributed by atoms with Crippen LogP contribution in [-0.2, 0) is 17.4 Å². The van der Waals surface area contributed by atoms with Crippen LogP contribution in [0.25, 0.3) is 0 Å². The van der Waals surface area contributed by atoms with Crippen molar-refractivity contribution in [1.82, 2.24) is 10.3 Å². The molecule has 0 saturated heterocycles. The molecule has 0 aliphatic carbocycles. The van der Waals surface area contributed by atoms with Crippen molar-refractivity contribution in [1.29, 1.82) is 0 Å². The van der Waals surface area contributed by atoms with Gasteiger partial charge in [0.1, 0.15) is 11.6 Å². The van der Waals surface area contributed by atoms with Crippen molar-refractivity contribution in [2.45, 2.75) is 18.7 Å². The molecule has 0 bridgehead atoms. The molecule has 1 amide bonds. The lowest BCUT2D eigenvalue weighted by molar-refractivity contribution is -0.137. The molecule has 1 atom stereocenters. The van der Waals surface area contributed by atoms with Crippen molar-refractivity contribution in [2.24, 2.45) is 0 Å². The number of pyridine rings is 1. The standard InChI is InChI=1S/C17H16F3N3O2/c18-17(19,20)12-5-6-15(23-10-12)21-7-8-22-16(24)14-9-11-3-1-2-4-13(11)25-14/h1-6,10,14H,7-9H2,(H,21,23)(H,22,24). The van der Waals surface area contributed by atoms with E-state index in [4.69, 9.17) is 4.74 Å². The third-order valence-electron chi connectivity index (χ3n) is 3.76. The summed E-state index contributed by atoms with van der Waals surface area (Å²) in [5.41, 5.74) is 0.194. The van der Waals surface area contributed by atoms with E-state index >= 15 is 0 Å². The lowest BCUT2D eigenvalue weighted by atomic mass is 10.1. The predicted octanol–water partition coefficient (Wildman–Crippen LogP) is 2.63. The molecule has 132 valence electrons. The number of carbonyl (C=O) groups excluding carboxylic acids is 1. The van der Waals surface area contributed by atoms with Crippen molar-refractivity contribution in [3.63, 3.8) is 0 Å². The fourth-order valence-electron chi connectivity index (χ4n) is 2.48. The number of nitrogens with one attached hydrogen (secondary N) is 2. The first-order valence-corrected chi connectivity index (χ1v) is 7.73. The van der Waals surface area contributed by atoms with Gasteiger partial charge in [-0.15, -0.1) is 0 Å². The van der Waals surface area contributed by atoms with E-state index in [1.54, 1.807) is 0 Å². The highest BCUT2D eigenvalue weighted by molar-refractivity contribution is 5.82. The molecule has 2 aromatic rings. The van der Waals surface area contributed by atoms with Gasteiger partial charge in [-0.2, -0.15) is 13.2 Å². The topological polar surface area (TPSA) is 63.2 Å². The van der Waals surface area contributed by atoms with Gasteiger partial charge < -0.3 is 15.4 Å². The fourth-order valence-corrected chi connectivity index (χ4v) is 2.48. The van der Waals surface area contributed by atoms with Gasteiger partial charge in [-0.25, -0.2) is 4.98 Å². The Balaban J connectivity index is 1.41. The van der Waals surface area contributed by atoms with Crippen LogP contribution in [0.1, 0.15) is 11.1 Å². The minimum absolute atomic E-state index is 0.224. The average molecular weight is 351 g/mol. The molecule has 1 aromatic carbocycles. The summed E-state index contributed by atoms with van der Waals surface area (Å²) in [4.78, 5) is 15.8. The summed E-state index contributed by atoms with van der Waals surface area (Å²) >= 11 is 0. The van der Waals surface area contributed by atoms with Crippen LogP contribution >= 0.6 is 0 Å². The van der Waals surface area contributed by atoms with Crippen molar-refractivity contribution < 1.29 is 22.7 Å². The Labute approximate surface area is 142 Å². The number of para-hydroxylation sites is 1. The third-order valence-corrected chi connectivity index (χ3v) is 3.76. The van der Waals surface area contributed by atoms with Crippen LogP contribution in [0, 0.1) is 0 Å². The number of halogens is 3. The van der Waals surface area contributed by atoms with Gasteiger partial charge in [0.2, 0.25) is 0 Å². The Morgan fingerprint density at radius 3 is 2.68 bits per heavy atom. The molecule has 3 rings (SSSR count). The molecule has 5 nitrogen and oxygen atoms in total. The number of nitrogens with zero attached hydrogens (tertiary/aromatic N) is 1. The number of anilines is 1. The smallest absolute Gasteiger partial charge is 0.417 e. The molecule has 25 heavy (non-hydrogen) atoms. The zero-order chi connectivity index (χ0) is 17.9. The molecule has 1 aliphatic heterocycles. The lowest BCUT2D eigenvalue weighted by Gasteiger charge is -2.12. The number of rotatable bonds is 5. The maximum atomic E-state index is 12.4. The number of hydrogen-bond acceptors (Lipinski definition) is 4. The summed E-state index contributed by atoms with van der Waals surface area (Å²) in [5, 5.41) is 5.58. The van der Waals surface area contributed by atoms with Crippen LogP contribution in [0.2, 0.25) is 0 Å². The number of alkyl halides is 3. The monoisotopic (exact) mass is 351 g/mol. The first-order chi connectivity index (χ1) is 11.9. The van der Waals surface area contributed by atoms with E-state index in [1.807, 2.05) is 24.3 Å². The number of fused-ring (bicyclic) bond motifs is 1. The maximum Gasteiger partial charge on any atom is 0.417 e. The number of amides is 1. The number of aromatic nitrogens is 1. The number of carbonyl (C=O) groups is 1. The molecule has 0 spiro atoms. The highest BCUT2D eigenvalue weighted by atomic mass is 19.4. The second kappa shape index (κ2) is 7.00. The molecular formula is C17H16F3N3O2. The molecule has 0 fully saturated rings. The van der Waals surface area contributed by atoms with Gasteiger partial charge in [0.25, 0.3) is 5.91 Å². The van der Waals surface area contributed by atoms with E-state index in [0.717, 1.165) is 23.6 Å². The highest BCUT2D eigenvalue weighted by Crippen LogP contribution is 2.29. The van der Waals surface area contributed by atoms with E-state index < -0.39 is 17.8 Å². The number of benzene rings is 1. The summed E-state index contributed by atoms with van der Waals surface area (Å²) in [6, 6.07) is 9.68. The fraction of sp³-hybridized carbons (Fsp3) is 0.294. The number of ether oxygens (including phenoxy) is 1. The van der Waals surface area contributed by atoms with Crippen molar-refractivity contribution in [3.8, 4) is 5.75 Å². The van der Waals surface area contributed by atoms with Gasteiger partial charge in [0.15, 0.2) is 6.10 Å². The van der Waals surface area contributed by atoms with Crippen LogP contribution in [-0.4, -0.2) is 30.1 Å². The van der Waals surface area contributed by atoms with Gasteiger partial charge in [0, 0.05) is 25.7 Å². The predicted molar refractivity (Wildman–Crippen MR) is 85.3 cm³/mol. The normalized spacial score (nSPS) is 16.0. The van der Waals surface area contributed by atoms with Gasteiger partial charge in [-0.05, 0) is 23.8 Å². The second-order valence-electron chi connectivity index (χ2n) is 5.57. The van der Waals surface area contributed by atoms with Crippen LogP contribution in [0.3, 0.4) is 0 Å². The molecule has 0 saturated carbocycles. The van der Waals surface area contributed by atoms with Crippen LogP contribution < -0.4 is 15.4 Å². The number of hydrogen-bond donors (Lipinski definition) is 2. The average Bonchev–Trinajstić information content (AvgIpc) is 3.02. The Hall–Kier alpha value is -2.77. The second-order valence-corrected chi connectivity index (χ2v) is 5.57. The van der Waals surface area contributed by atoms with Gasteiger partial charge in [0.05, 0.1) is 5.56 Å². The van der Waals surface area contributed by atoms with Gasteiger partial charge >= 0.3 is 6.18 Å². The van der Waals surface area contributed by atoms with Crippen LogP contribution in [0.15, 0.2) is 42.6 Å². The molecule has 0 radical (unpaired) electrons. The van der Waals surface area contributed by atoms with Gasteiger partial charge in [-0.1, -0.05) is 18.2 Å². The Morgan fingerprint density at radius 1 is 1.20 bits per heavy atom. The molecule has 1 unspecified atom stereocenters. The quantitative estimate of drug-likeness (QED) is 0.813. The minimum atomic E-state index is -4.40. The molecular weight excluding hydrogens is 335 g/mol. The van der Waals surface area contributed by atoms with E-state index in [-0.39, 0.29) is 5.91 Å². The first kappa shape index (κ1) is 17.1. The third kappa shape index (κ3) is 4.20.